The molecule has 30 heavy (non-hydrogen) atoms. The predicted octanol–water partition coefficient (Wildman–Crippen LogP) is 4.16. The summed E-state index contributed by atoms with van der Waals surface area (Å²) in [4.78, 5) is 24.6. The van der Waals surface area contributed by atoms with Crippen molar-refractivity contribution in [2.75, 3.05) is 13.2 Å². The Morgan fingerprint density at radius 2 is 1.20 bits per heavy atom. The van der Waals surface area contributed by atoms with Gasteiger partial charge < -0.3 is 18.2 Å². The van der Waals surface area contributed by atoms with E-state index in [2.05, 4.69) is 0 Å². The molecule has 0 atom stereocenters. The van der Waals surface area contributed by atoms with E-state index in [-0.39, 0.29) is 24.8 Å². The third kappa shape index (κ3) is 4.14. The number of aryl methyl sites for hydroxylation is 2. The molecule has 4 rings (SSSR count). The minimum Gasteiger partial charge on any atom is -0.351 e. The Morgan fingerprint density at radius 3 is 1.63 bits per heavy atom. The first-order valence-corrected chi connectivity index (χ1v) is 10.6. The van der Waals surface area contributed by atoms with Crippen molar-refractivity contribution in [3.8, 4) is 0 Å². The van der Waals surface area contributed by atoms with Gasteiger partial charge in [-0.05, 0) is 48.5 Å². The zero-order chi connectivity index (χ0) is 21.3. The SMILES string of the molecule is Cn1ccc2cc(C(=O)CO[PH](=O)OCC(=O)c3ccc4c(ccn4C)c3)ccc21. The minimum absolute atomic E-state index is 0.302. The second-order valence-electron chi connectivity index (χ2n) is 7.07. The van der Waals surface area contributed by atoms with Gasteiger partial charge in [0, 0.05) is 59.4 Å². The van der Waals surface area contributed by atoms with Gasteiger partial charge in [0.15, 0.2) is 11.6 Å². The summed E-state index contributed by atoms with van der Waals surface area (Å²) in [6, 6.07) is 14.5. The summed E-state index contributed by atoms with van der Waals surface area (Å²) >= 11 is 0. The standard InChI is InChI=1S/C22H21N2O5P/c1-23-9-7-15-11-17(3-5-19(15)23)21(25)13-28-30(27)29-14-22(26)18-4-6-20-16(12-18)8-10-24(20)2/h3-12,30H,13-14H2,1-2H3. The molecule has 0 aliphatic rings. The number of hydrogen-bond acceptors (Lipinski definition) is 5. The van der Waals surface area contributed by atoms with Crippen LogP contribution >= 0.6 is 8.25 Å². The van der Waals surface area contributed by atoms with Crippen molar-refractivity contribution >= 4 is 41.6 Å². The average Bonchev–Trinajstić information content (AvgIpc) is 3.32. The van der Waals surface area contributed by atoms with Crippen LogP contribution in [-0.2, 0) is 27.7 Å². The number of rotatable bonds is 8. The fraction of sp³-hybridized carbons (Fsp3) is 0.182. The lowest BCUT2D eigenvalue weighted by Crippen LogP contribution is -2.09. The van der Waals surface area contributed by atoms with Gasteiger partial charge in [-0.2, -0.15) is 0 Å². The monoisotopic (exact) mass is 424 g/mol. The van der Waals surface area contributed by atoms with Crippen LogP contribution < -0.4 is 0 Å². The van der Waals surface area contributed by atoms with Crippen molar-refractivity contribution in [1.82, 2.24) is 9.13 Å². The summed E-state index contributed by atoms with van der Waals surface area (Å²) in [5.74, 6) is -0.605. The molecule has 0 aliphatic heterocycles. The molecule has 0 saturated heterocycles. The van der Waals surface area contributed by atoms with Crippen molar-refractivity contribution in [3.63, 3.8) is 0 Å². The van der Waals surface area contributed by atoms with Crippen molar-refractivity contribution < 1.29 is 23.2 Å². The highest BCUT2D eigenvalue weighted by molar-refractivity contribution is 7.33. The number of benzene rings is 2. The number of carbonyl (C=O) groups is 2. The Balaban J connectivity index is 1.30. The maximum Gasteiger partial charge on any atom is 0.320 e. The molecule has 2 heterocycles. The van der Waals surface area contributed by atoms with Gasteiger partial charge in [-0.25, -0.2) is 0 Å². The van der Waals surface area contributed by atoms with Crippen LogP contribution in [-0.4, -0.2) is 33.9 Å². The van der Waals surface area contributed by atoms with Crippen LogP contribution in [0, 0.1) is 0 Å². The van der Waals surface area contributed by atoms with Crippen LogP contribution in [0.2, 0.25) is 0 Å². The molecule has 0 fully saturated rings. The van der Waals surface area contributed by atoms with E-state index in [0.717, 1.165) is 21.8 Å². The molecule has 7 nitrogen and oxygen atoms in total. The van der Waals surface area contributed by atoms with E-state index in [1.165, 1.54) is 0 Å². The fourth-order valence-electron chi connectivity index (χ4n) is 3.37. The third-order valence-electron chi connectivity index (χ3n) is 5.06. The Bertz CT molecular complexity index is 1190. The van der Waals surface area contributed by atoms with Gasteiger partial charge in [0.2, 0.25) is 0 Å². The summed E-state index contributed by atoms with van der Waals surface area (Å²) in [5, 5.41) is 1.88. The van der Waals surface area contributed by atoms with Crippen molar-refractivity contribution in [2.24, 2.45) is 14.1 Å². The summed E-state index contributed by atoms with van der Waals surface area (Å²) in [7, 11) is 0.883. The molecule has 154 valence electrons. The molecule has 0 spiro atoms. The van der Waals surface area contributed by atoms with Gasteiger partial charge in [-0.3, -0.25) is 14.2 Å². The maximum atomic E-state index is 12.3. The lowest BCUT2D eigenvalue weighted by Gasteiger charge is -2.06. The first kappa shape index (κ1) is 20.3. The van der Waals surface area contributed by atoms with Crippen LogP contribution in [0.5, 0.6) is 0 Å². The van der Waals surface area contributed by atoms with Crippen LogP contribution in [0.1, 0.15) is 20.7 Å². The largest absolute Gasteiger partial charge is 0.351 e. The van der Waals surface area contributed by atoms with E-state index >= 15 is 0 Å². The minimum atomic E-state index is -2.97. The Labute approximate surface area is 173 Å². The quantitative estimate of drug-likeness (QED) is 0.314. The van der Waals surface area contributed by atoms with E-state index < -0.39 is 8.25 Å². The topological polar surface area (TPSA) is 79.5 Å². The molecule has 0 saturated carbocycles. The number of aromatic nitrogens is 2. The summed E-state index contributed by atoms with van der Waals surface area (Å²) in [6.07, 6.45) is 3.82. The molecule has 0 unspecified atom stereocenters. The van der Waals surface area contributed by atoms with Crippen LogP contribution in [0.3, 0.4) is 0 Å². The van der Waals surface area contributed by atoms with E-state index in [1.54, 1.807) is 24.3 Å². The average molecular weight is 424 g/mol. The highest BCUT2D eigenvalue weighted by Crippen LogP contribution is 2.25. The molecule has 4 aromatic rings. The van der Waals surface area contributed by atoms with Crippen LogP contribution in [0.4, 0.5) is 0 Å². The highest BCUT2D eigenvalue weighted by atomic mass is 31.1. The lowest BCUT2D eigenvalue weighted by molar-refractivity contribution is 0.0877. The molecule has 8 heteroatoms. The number of Topliss-reactive ketones (excluding diaryl/α,β-unsaturated/α-hetero) is 2. The Kier molecular flexibility index (Phi) is 5.68. The molecule has 0 bridgehead atoms. The zero-order valence-corrected chi connectivity index (χ0v) is 17.6. The third-order valence-corrected chi connectivity index (χ3v) is 5.82. The first-order chi connectivity index (χ1) is 14.4. The molecule has 2 aromatic carbocycles. The van der Waals surface area contributed by atoms with E-state index in [1.807, 2.05) is 59.9 Å². The second kappa shape index (κ2) is 8.40. The van der Waals surface area contributed by atoms with Crippen molar-refractivity contribution in [1.29, 1.82) is 0 Å². The van der Waals surface area contributed by atoms with Gasteiger partial charge in [0.05, 0.1) is 0 Å². The van der Waals surface area contributed by atoms with Crippen LogP contribution in [0.25, 0.3) is 21.8 Å². The van der Waals surface area contributed by atoms with Gasteiger partial charge >= 0.3 is 8.25 Å². The molecule has 0 radical (unpaired) electrons. The Hall–Kier alpha value is -2.99. The number of nitrogens with zero attached hydrogens (tertiary/aromatic N) is 2. The van der Waals surface area contributed by atoms with Gasteiger partial charge in [-0.15, -0.1) is 0 Å². The fourth-order valence-corrected chi connectivity index (χ4v) is 3.95. The summed E-state index contributed by atoms with van der Waals surface area (Å²) in [6.45, 7) is -0.749. The number of carbonyl (C=O) groups excluding carboxylic acids is 2. The second-order valence-corrected chi connectivity index (χ2v) is 8.15. The molecule has 2 aromatic heterocycles. The molecule has 0 aliphatic carbocycles. The summed E-state index contributed by atoms with van der Waals surface area (Å²) < 4.78 is 26.0. The van der Waals surface area contributed by atoms with Crippen molar-refractivity contribution in [3.05, 3.63) is 72.1 Å². The van der Waals surface area contributed by atoms with Gasteiger partial charge in [0.1, 0.15) is 13.2 Å². The molecular formula is C22H21N2O5P. The van der Waals surface area contributed by atoms with E-state index in [0.29, 0.717) is 11.1 Å². The van der Waals surface area contributed by atoms with Crippen LogP contribution in [0.15, 0.2) is 60.9 Å². The zero-order valence-electron chi connectivity index (χ0n) is 16.6. The predicted molar refractivity (Wildman–Crippen MR) is 115 cm³/mol. The number of hydrogen-bond donors (Lipinski definition) is 0. The van der Waals surface area contributed by atoms with Gasteiger partial charge in [0.25, 0.3) is 0 Å². The number of fused-ring (bicyclic) bond motifs is 2. The highest BCUT2D eigenvalue weighted by Gasteiger charge is 2.13. The molecule has 0 N–H and O–H groups in total. The number of ketones is 2. The maximum absolute atomic E-state index is 12.3. The Morgan fingerprint density at radius 1 is 0.767 bits per heavy atom. The van der Waals surface area contributed by atoms with E-state index in [9.17, 15) is 14.2 Å². The molecular weight excluding hydrogens is 403 g/mol. The summed E-state index contributed by atoms with van der Waals surface area (Å²) in [5.41, 5.74) is 2.96. The molecule has 0 amide bonds. The first-order valence-electron chi connectivity index (χ1n) is 9.38. The van der Waals surface area contributed by atoms with Crippen molar-refractivity contribution in [2.45, 2.75) is 0 Å². The smallest absolute Gasteiger partial charge is 0.320 e. The van der Waals surface area contributed by atoms with E-state index in [4.69, 9.17) is 9.05 Å². The lowest BCUT2D eigenvalue weighted by atomic mass is 10.1. The normalized spacial score (nSPS) is 11.6. The van der Waals surface area contributed by atoms with Gasteiger partial charge in [-0.1, -0.05) is 0 Å².